The third-order valence-corrected chi connectivity index (χ3v) is 3.80. The topological polar surface area (TPSA) is 59.6 Å². The predicted molar refractivity (Wildman–Crippen MR) is 89.1 cm³/mol. The fourth-order valence-electron chi connectivity index (χ4n) is 2.72. The number of rotatable bonds is 5. The Bertz CT molecular complexity index is 496. The van der Waals surface area contributed by atoms with Crippen LogP contribution in [-0.4, -0.2) is 38.8 Å². The van der Waals surface area contributed by atoms with E-state index in [1.807, 2.05) is 18.2 Å². The zero-order valence-corrected chi connectivity index (χ0v) is 14.2. The maximum atomic E-state index is 12.1. The van der Waals surface area contributed by atoms with Crippen molar-refractivity contribution in [1.82, 2.24) is 10.6 Å². The minimum atomic E-state index is 0. The van der Waals surface area contributed by atoms with E-state index in [1.54, 1.807) is 14.2 Å². The lowest BCUT2D eigenvalue weighted by molar-refractivity contribution is -0.121. The second-order valence-electron chi connectivity index (χ2n) is 5.51. The smallest absolute Gasteiger partial charge is 0.224 e. The summed E-state index contributed by atoms with van der Waals surface area (Å²) in [5.41, 5.74) is 0.923. The summed E-state index contributed by atoms with van der Waals surface area (Å²) in [5.74, 6) is 1.38. The maximum Gasteiger partial charge on any atom is 0.224 e. The van der Waals surface area contributed by atoms with Crippen LogP contribution >= 0.6 is 12.4 Å². The fourth-order valence-corrected chi connectivity index (χ4v) is 2.72. The van der Waals surface area contributed by atoms with Crippen LogP contribution in [0, 0.1) is 0 Å². The van der Waals surface area contributed by atoms with Gasteiger partial charge in [0, 0.05) is 12.1 Å². The molecule has 1 aliphatic rings. The lowest BCUT2D eigenvalue weighted by atomic mass is 10.0. The van der Waals surface area contributed by atoms with Crippen LogP contribution < -0.4 is 20.1 Å². The summed E-state index contributed by atoms with van der Waals surface area (Å²) in [4.78, 5) is 12.1. The number of benzene rings is 1. The van der Waals surface area contributed by atoms with Gasteiger partial charge in [0.05, 0.1) is 20.6 Å². The molecule has 0 aliphatic carbocycles. The molecule has 1 aliphatic heterocycles. The highest BCUT2D eigenvalue weighted by Gasteiger charge is 2.20. The van der Waals surface area contributed by atoms with Crippen LogP contribution in [-0.2, 0) is 11.2 Å². The highest BCUT2D eigenvalue weighted by molar-refractivity contribution is 5.85. The van der Waals surface area contributed by atoms with Crippen molar-refractivity contribution >= 4 is 18.3 Å². The highest BCUT2D eigenvalue weighted by Crippen LogP contribution is 2.27. The Morgan fingerprint density at radius 2 is 2.05 bits per heavy atom. The first-order valence-corrected chi connectivity index (χ1v) is 7.36. The minimum absolute atomic E-state index is 0. The lowest BCUT2D eigenvalue weighted by Crippen LogP contribution is -2.46. The number of ether oxygens (including phenoxy) is 2. The van der Waals surface area contributed by atoms with Crippen LogP contribution in [0.15, 0.2) is 18.2 Å². The van der Waals surface area contributed by atoms with Crippen LogP contribution in [0.5, 0.6) is 11.5 Å². The molecule has 1 amide bonds. The molecule has 2 rings (SSSR count). The molecule has 0 saturated carbocycles. The van der Waals surface area contributed by atoms with Crippen LogP contribution in [0.3, 0.4) is 0 Å². The number of methoxy groups -OCH3 is 2. The quantitative estimate of drug-likeness (QED) is 0.867. The number of hydrogen-bond acceptors (Lipinski definition) is 4. The SMILES string of the molecule is COc1ccc(CC(=O)NC2CCNC(C)C2)cc1OC.Cl. The van der Waals surface area contributed by atoms with E-state index in [9.17, 15) is 4.79 Å². The molecule has 0 bridgehead atoms. The van der Waals surface area contributed by atoms with Gasteiger partial charge in [-0.3, -0.25) is 4.79 Å². The van der Waals surface area contributed by atoms with E-state index in [4.69, 9.17) is 9.47 Å². The van der Waals surface area contributed by atoms with Crippen molar-refractivity contribution in [1.29, 1.82) is 0 Å². The molecule has 0 spiro atoms. The molecule has 2 unspecified atom stereocenters. The number of carbonyl (C=O) groups is 1. The Hall–Kier alpha value is -1.46. The molecule has 1 fully saturated rings. The van der Waals surface area contributed by atoms with Crippen molar-refractivity contribution in [3.05, 3.63) is 23.8 Å². The minimum Gasteiger partial charge on any atom is -0.493 e. The zero-order chi connectivity index (χ0) is 15.2. The number of hydrogen-bond donors (Lipinski definition) is 2. The average molecular weight is 329 g/mol. The summed E-state index contributed by atoms with van der Waals surface area (Å²) in [6, 6.07) is 6.31. The van der Waals surface area contributed by atoms with Gasteiger partial charge in [-0.1, -0.05) is 6.07 Å². The average Bonchev–Trinajstić information content (AvgIpc) is 2.47. The number of amides is 1. The summed E-state index contributed by atoms with van der Waals surface area (Å²) in [6.07, 6.45) is 2.33. The Morgan fingerprint density at radius 1 is 1.32 bits per heavy atom. The van der Waals surface area contributed by atoms with Gasteiger partial charge in [0.15, 0.2) is 11.5 Å². The summed E-state index contributed by atoms with van der Waals surface area (Å²) in [7, 11) is 3.20. The molecule has 5 nitrogen and oxygen atoms in total. The Balaban J connectivity index is 0.00000242. The summed E-state index contributed by atoms with van der Waals surface area (Å²) < 4.78 is 10.5. The first-order chi connectivity index (χ1) is 10.1. The van der Waals surface area contributed by atoms with Crippen molar-refractivity contribution in [3.63, 3.8) is 0 Å². The van der Waals surface area contributed by atoms with Crippen LogP contribution in [0.25, 0.3) is 0 Å². The first-order valence-electron chi connectivity index (χ1n) is 7.36. The molecule has 0 aromatic heterocycles. The third kappa shape index (κ3) is 5.07. The zero-order valence-electron chi connectivity index (χ0n) is 13.3. The van der Waals surface area contributed by atoms with Crippen molar-refractivity contribution < 1.29 is 14.3 Å². The van der Waals surface area contributed by atoms with Crippen molar-refractivity contribution in [3.8, 4) is 11.5 Å². The van der Waals surface area contributed by atoms with Gasteiger partial charge in [-0.2, -0.15) is 0 Å². The Labute approximate surface area is 138 Å². The number of piperidine rings is 1. The van der Waals surface area contributed by atoms with Gasteiger partial charge in [0.2, 0.25) is 5.91 Å². The van der Waals surface area contributed by atoms with Gasteiger partial charge in [-0.25, -0.2) is 0 Å². The Kier molecular flexibility index (Phi) is 7.48. The molecule has 22 heavy (non-hydrogen) atoms. The third-order valence-electron chi connectivity index (χ3n) is 3.80. The van der Waals surface area contributed by atoms with Crippen molar-refractivity contribution in [2.45, 2.75) is 38.3 Å². The van der Waals surface area contributed by atoms with Gasteiger partial charge in [0.1, 0.15) is 0 Å². The summed E-state index contributed by atoms with van der Waals surface area (Å²) in [6.45, 7) is 3.11. The largest absolute Gasteiger partial charge is 0.493 e. The summed E-state index contributed by atoms with van der Waals surface area (Å²) >= 11 is 0. The molecule has 2 N–H and O–H groups in total. The van der Waals surface area contributed by atoms with Gasteiger partial charge >= 0.3 is 0 Å². The molecular formula is C16H25ClN2O3. The van der Waals surface area contributed by atoms with Gasteiger partial charge < -0.3 is 20.1 Å². The molecule has 1 aromatic rings. The van der Waals surface area contributed by atoms with Crippen LogP contribution in [0.4, 0.5) is 0 Å². The fraction of sp³-hybridized carbons (Fsp3) is 0.562. The van der Waals surface area contributed by atoms with Crippen molar-refractivity contribution in [2.24, 2.45) is 0 Å². The molecule has 1 aromatic carbocycles. The Morgan fingerprint density at radius 3 is 2.68 bits per heavy atom. The van der Waals surface area contributed by atoms with Gasteiger partial charge in [-0.15, -0.1) is 12.4 Å². The van der Waals surface area contributed by atoms with E-state index >= 15 is 0 Å². The van der Waals surface area contributed by atoms with Gasteiger partial charge in [-0.05, 0) is 44.0 Å². The first kappa shape index (κ1) is 18.6. The highest BCUT2D eigenvalue weighted by atomic mass is 35.5. The van der Waals surface area contributed by atoms with Crippen molar-refractivity contribution in [2.75, 3.05) is 20.8 Å². The number of nitrogens with one attached hydrogen (secondary N) is 2. The molecule has 1 saturated heterocycles. The molecule has 2 atom stereocenters. The predicted octanol–water partition coefficient (Wildman–Crippen LogP) is 1.92. The van der Waals surface area contributed by atoms with E-state index in [0.717, 1.165) is 24.9 Å². The van der Waals surface area contributed by atoms with E-state index in [2.05, 4.69) is 17.6 Å². The standard InChI is InChI=1S/C16H24N2O3.ClH/c1-11-8-13(6-7-17-11)18-16(19)10-12-4-5-14(20-2)15(9-12)21-3;/h4-5,9,11,13,17H,6-8,10H2,1-3H3,(H,18,19);1H. The maximum absolute atomic E-state index is 12.1. The molecule has 1 heterocycles. The van der Waals surface area contributed by atoms with Crippen LogP contribution in [0.1, 0.15) is 25.3 Å². The number of carbonyl (C=O) groups excluding carboxylic acids is 1. The van der Waals surface area contributed by atoms with Gasteiger partial charge in [0.25, 0.3) is 0 Å². The molecule has 0 radical (unpaired) electrons. The van der Waals surface area contributed by atoms with E-state index < -0.39 is 0 Å². The van der Waals surface area contributed by atoms with Crippen LogP contribution in [0.2, 0.25) is 0 Å². The second-order valence-corrected chi connectivity index (χ2v) is 5.51. The lowest BCUT2D eigenvalue weighted by Gasteiger charge is -2.28. The summed E-state index contributed by atoms with van der Waals surface area (Å²) in [5, 5.41) is 6.49. The monoisotopic (exact) mass is 328 g/mol. The molecule has 6 heteroatoms. The normalized spacial score (nSPS) is 20.7. The number of halogens is 1. The van der Waals surface area contributed by atoms with E-state index in [0.29, 0.717) is 24.0 Å². The van der Waals surface area contributed by atoms with E-state index in [-0.39, 0.29) is 24.4 Å². The second kappa shape index (κ2) is 8.86. The molecular weight excluding hydrogens is 304 g/mol. The molecule has 124 valence electrons. The van der Waals surface area contributed by atoms with E-state index in [1.165, 1.54) is 0 Å².